The molecule has 0 bridgehead atoms. The number of hydrogen-bond donors (Lipinski definition) is 1. The lowest BCUT2D eigenvalue weighted by Gasteiger charge is -2.34. The Morgan fingerprint density at radius 3 is 2.28 bits per heavy atom. The van der Waals surface area contributed by atoms with Crippen molar-refractivity contribution in [1.29, 1.82) is 0 Å². The second-order valence-corrected chi connectivity index (χ2v) is 6.40. The van der Waals surface area contributed by atoms with Crippen LogP contribution in [0.1, 0.15) is 23.5 Å². The SMILES string of the molecule is O=C(CO)N1CCN(C(=O)[C@@H]2C[C@@H]2c2ccccc2C(F)(F)F)CC1. The lowest BCUT2D eigenvalue weighted by atomic mass is 10.0. The first kappa shape index (κ1) is 17.7. The largest absolute Gasteiger partial charge is 0.416 e. The van der Waals surface area contributed by atoms with E-state index in [2.05, 4.69) is 0 Å². The van der Waals surface area contributed by atoms with E-state index < -0.39 is 30.2 Å². The monoisotopic (exact) mass is 356 g/mol. The van der Waals surface area contributed by atoms with Crippen molar-refractivity contribution in [3.63, 3.8) is 0 Å². The number of nitrogens with zero attached hydrogens (tertiary/aromatic N) is 2. The number of halogens is 3. The van der Waals surface area contributed by atoms with Crippen molar-refractivity contribution >= 4 is 11.8 Å². The standard InChI is InChI=1S/C17H19F3N2O3/c18-17(19,20)14-4-2-1-3-11(14)12-9-13(12)16(25)22-7-5-21(6-8-22)15(24)10-23/h1-4,12-13,23H,5-10H2/t12-,13-/m1/s1. The highest BCUT2D eigenvalue weighted by atomic mass is 19.4. The first-order valence-electron chi connectivity index (χ1n) is 8.16. The van der Waals surface area contributed by atoms with Gasteiger partial charge in [-0.1, -0.05) is 18.2 Å². The summed E-state index contributed by atoms with van der Waals surface area (Å²) in [4.78, 5) is 27.0. The molecule has 0 spiro atoms. The van der Waals surface area contributed by atoms with Gasteiger partial charge >= 0.3 is 6.18 Å². The smallest absolute Gasteiger partial charge is 0.387 e. The summed E-state index contributed by atoms with van der Waals surface area (Å²) in [6.07, 6.45) is -4.01. The molecule has 1 saturated heterocycles. The minimum absolute atomic E-state index is 0.155. The number of carbonyl (C=O) groups excluding carboxylic acids is 2. The molecule has 5 nitrogen and oxygen atoms in total. The molecule has 0 aromatic heterocycles. The van der Waals surface area contributed by atoms with Crippen molar-refractivity contribution < 1.29 is 27.9 Å². The Morgan fingerprint density at radius 2 is 1.68 bits per heavy atom. The predicted molar refractivity (Wildman–Crippen MR) is 82.5 cm³/mol. The highest BCUT2D eigenvalue weighted by Crippen LogP contribution is 2.51. The van der Waals surface area contributed by atoms with Crippen LogP contribution < -0.4 is 0 Å². The van der Waals surface area contributed by atoms with E-state index in [9.17, 15) is 22.8 Å². The number of aliphatic hydroxyl groups is 1. The molecule has 136 valence electrons. The number of benzene rings is 1. The summed E-state index contributed by atoms with van der Waals surface area (Å²) in [6, 6.07) is 5.40. The number of alkyl halides is 3. The Bertz CT molecular complexity index is 669. The van der Waals surface area contributed by atoms with E-state index in [1.807, 2.05) is 0 Å². The summed E-state index contributed by atoms with van der Waals surface area (Å²) in [5, 5.41) is 8.85. The fourth-order valence-electron chi connectivity index (χ4n) is 3.40. The molecule has 3 rings (SSSR count). The lowest BCUT2D eigenvalue weighted by Crippen LogP contribution is -2.51. The van der Waals surface area contributed by atoms with Crippen molar-refractivity contribution in [2.75, 3.05) is 32.8 Å². The number of aliphatic hydroxyl groups excluding tert-OH is 1. The molecule has 25 heavy (non-hydrogen) atoms. The Kier molecular flexibility index (Phi) is 4.73. The van der Waals surface area contributed by atoms with Crippen LogP contribution in [0.5, 0.6) is 0 Å². The summed E-state index contributed by atoms with van der Waals surface area (Å²) >= 11 is 0. The van der Waals surface area contributed by atoms with E-state index in [1.54, 1.807) is 11.0 Å². The molecule has 1 aliphatic carbocycles. The van der Waals surface area contributed by atoms with Gasteiger partial charge in [-0.2, -0.15) is 13.2 Å². The zero-order chi connectivity index (χ0) is 18.2. The third-order valence-electron chi connectivity index (χ3n) is 4.85. The number of amides is 2. The average molecular weight is 356 g/mol. The molecule has 0 radical (unpaired) electrons. The van der Waals surface area contributed by atoms with Crippen LogP contribution in [0.15, 0.2) is 24.3 Å². The lowest BCUT2D eigenvalue weighted by molar-refractivity contribution is -0.142. The summed E-state index contributed by atoms with van der Waals surface area (Å²) in [7, 11) is 0. The van der Waals surface area contributed by atoms with Gasteiger partial charge in [-0.25, -0.2) is 0 Å². The molecule has 2 atom stereocenters. The summed E-state index contributed by atoms with van der Waals surface area (Å²) < 4.78 is 39.4. The van der Waals surface area contributed by atoms with Crippen LogP contribution in [0.4, 0.5) is 13.2 Å². The van der Waals surface area contributed by atoms with Gasteiger partial charge in [0.2, 0.25) is 11.8 Å². The van der Waals surface area contributed by atoms with Crippen LogP contribution in [0.3, 0.4) is 0 Å². The van der Waals surface area contributed by atoms with Gasteiger partial charge in [0.05, 0.1) is 5.56 Å². The Morgan fingerprint density at radius 1 is 1.08 bits per heavy atom. The van der Waals surface area contributed by atoms with Gasteiger partial charge in [-0.3, -0.25) is 9.59 Å². The van der Waals surface area contributed by atoms with Crippen LogP contribution in [-0.2, 0) is 15.8 Å². The topological polar surface area (TPSA) is 60.9 Å². The molecule has 1 saturated carbocycles. The molecule has 2 amide bonds. The number of hydrogen-bond acceptors (Lipinski definition) is 3. The summed E-state index contributed by atoms with van der Waals surface area (Å²) in [5.41, 5.74) is -0.490. The Hall–Kier alpha value is -2.09. The maximum Gasteiger partial charge on any atom is 0.416 e. The predicted octanol–water partition coefficient (Wildman–Crippen LogP) is 1.47. The van der Waals surface area contributed by atoms with Crippen molar-refractivity contribution in [2.45, 2.75) is 18.5 Å². The van der Waals surface area contributed by atoms with E-state index in [0.29, 0.717) is 32.6 Å². The second kappa shape index (κ2) is 6.67. The molecular formula is C17H19F3N2O3. The Labute approximate surface area is 143 Å². The molecule has 8 heteroatoms. The van der Waals surface area contributed by atoms with Gasteiger partial charge in [0, 0.05) is 32.1 Å². The van der Waals surface area contributed by atoms with Gasteiger partial charge in [-0.15, -0.1) is 0 Å². The molecule has 1 aromatic carbocycles. The van der Waals surface area contributed by atoms with Crippen LogP contribution in [0, 0.1) is 5.92 Å². The third-order valence-corrected chi connectivity index (χ3v) is 4.85. The average Bonchev–Trinajstić information content (AvgIpc) is 3.40. The van der Waals surface area contributed by atoms with Crippen molar-refractivity contribution in [2.24, 2.45) is 5.92 Å². The zero-order valence-electron chi connectivity index (χ0n) is 13.5. The number of rotatable bonds is 3. The highest BCUT2D eigenvalue weighted by Gasteiger charge is 2.49. The first-order valence-corrected chi connectivity index (χ1v) is 8.16. The molecule has 1 aliphatic heterocycles. The van der Waals surface area contributed by atoms with Gasteiger partial charge in [0.1, 0.15) is 6.61 Å². The maximum absolute atomic E-state index is 13.1. The van der Waals surface area contributed by atoms with Crippen LogP contribution in [-0.4, -0.2) is 59.5 Å². The number of piperazine rings is 1. The fraction of sp³-hybridized carbons (Fsp3) is 0.529. The number of carbonyl (C=O) groups is 2. The molecular weight excluding hydrogens is 337 g/mol. The third kappa shape index (κ3) is 3.63. The van der Waals surface area contributed by atoms with E-state index in [0.717, 1.165) is 6.07 Å². The van der Waals surface area contributed by atoms with Gasteiger partial charge < -0.3 is 14.9 Å². The van der Waals surface area contributed by atoms with E-state index >= 15 is 0 Å². The molecule has 1 N–H and O–H groups in total. The maximum atomic E-state index is 13.1. The quantitative estimate of drug-likeness (QED) is 0.892. The molecule has 1 aromatic rings. The molecule has 0 unspecified atom stereocenters. The van der Waals surface area contributed by atoms with Gasteiger partial charge in [0.15, 0.2) is 0 Å². The minimum atomic E-state index is -4.43. The molecule has 1 heterocycles. The van der Waals surface area contributed by atoms with Crippen molar-refractivity contribution in [3.05, 3.63) is 35.4 Å². The zero-order valence-corrected chi connectivity index (χ0v) is 13.5. The van der Waals surface area contributed by atoms with E-state index in [1.165, 1.54) is 17.0 Å². The van der Waals surface area contributed by atoms with E-state index in [4.69, 9.17) is 5.11 Å². The summed E-state index contributed by atoms with van der Waals surface area (Å²) in [5.74, 6) is -1.36. The van der Waals surface area contributed by atoms with Crippen LogP contribution in [0.25, 0.3) is 0 Å². The van der Waals surface area contributed by atoms with Crippen LogP contribution in [0.2, 0.25) is 0 Å². The van der Waals surface area contributed by atoms with Crippen molar-refractivity contribution in [3.8, 4) is 0 Å². The summed E-state index contributed by atoms with van der Waals surface area (Å²) in [6.45, 7) is 0.791. The van der Waals surface area contributed by atoms with Crippen LogP contribution >= 0.6 is 0 Å². The molecule has 2 fully saturated rings. The Balaban J connectivity index is 1.63. The van der Waals surface area contributed by atoms with Gasteiger partial charge in [-0.05, 0) is 24.0 Å². The second-order valence-electron chi connectivity index (χ2n) is 6.40. The van der Waals surface area contributed by atoms with E-state index in [-0.39, 0.29) is 17.4 Å². The normalized spacial score (nSPS) is 23.5. The molecule has 2 aliphatic rings. The minimum Gasteiger partial charge on any atom is -0.387 e. The highest BCUT2D eigenvalue weighted by molar-refractivity contribution is 5.84. The van der Waals surface area contributed by atoms with Crippen molar-refractivity contribution in [1.82, 2.24) is 9.80 Å². The first-order chi connectivity index (χ1) is 11.8. The fourth-order valence-corrected chi connectivity index (χ4v) is 3.40. The van der Waals surface area contributed by atoms with Gasteiger partial charge in [0.25, 0.3) is 0 Å².